The Hall–Kier alpha value is -1.43. The van der Waals surface area contributed by atoms with Gasteiger partial charge in [-0.05, 0) is 64.0 Å². The number of carbonyl (C=O) groups is 1. The maximum atomic E-state index is 13.1. The normalized spacial score (nSPS) is 21.3. The smallest absolute Gasteiger partial charge is 0.179 e. The summed E-state index contributed by atoms with van der Waals surface area (Å²) in [6, 6.07) is 7.78. The highest BCUT2D eigenvalue weighted by molar-refractivity contribution is 6.00. The average Bonchev–Trinajstić information content (AvgIpc) is 2.69. The Morgan fingerprint density at radius 3 is 2.37 bits per heavy atom. The van der Waals surface area contributed by atoms with E-state index in [9.17, 15) is 9.90 Å². The molecule has 3 rings (SSSR count). The van der Waals surface area contributed by atoms with Crippen LogP contribution in [0.4, 0.5) is 5.69 Å². The molecule has 1 N–H and O–H groups in total. The van der Waals surface area contributed by atoms with Gasteiger partial charge in [-0.2, -0.15) is 0 Å². The minimum absolute atomic E-state index is 0.146. The molecule has 1 aromatic carbocycles. The van der Waals surface area contributed by atoms with Gasteiger partial charge in [0.05, 0.1) is 24.9 Å². The van der Waals surface area contributed by atoms with Gasteiger partial charge in [-0.1, -0.05) is 19.3 Å². The number of Topliss-reactive ketones (excluding diaryl/α,β-unsaturated/α-hetero) is 1. The fraction of sp³-hybridized carbons (Fsp3) is 0.682. The second kappa shape index (κ2) is 9.18. The Bertz CT molecular complexity index is 602. The van der Waals surface area contributed by atoms with Gasteiger partial charge in [-0.15, -0.1) is 0 Å². The lowest BCUT2D eigenvalue weighted by Gasteiger charge is -2.34. The summed E-state index contributed by atoms with van der Waals surface area (Å²) in [5.41, 5.74) is 1.32. The second-order valence-corrected chi connectivity index (χ2v) is 8.31. The summed E-state index contributed by atoms with van der Waals surface area (Å²) in [4.78, 5) is 17.4. The van der Waals surface area contributed by atoms with Crippen LogP contribution in [0.5, 0.6) is 0 Å². The fourth-order valence-electron chi connectivity index (χ4n) is 4.34. The number of ketones is 1. The van der Waals surface area contributed by atoms with Gasteiger partial charge >= 0.3 is 0 Å². The van der Waals surface area contributed by atoms with Gasteiger partial charge in [0.2, 0.25) is 0 Å². The quantitative estimate of drug-likeness (QED) is 0.743. The van der Waals surface area contributed by atoms with Crippen molar-refractivity contribution < 1.29 is 14.6 Å². The number of benzene rings is 1. The first-order valence-corrected chi connectivity index (χ1v) is 10.3. The van der Waals surface area contributed by atoms with Gasteiger partial charge in [0, 0.05) is 24.3 Å². The minimum atomic E-state index is -0.576. The van der Waals surface area contributed by atoms with Crippen LogP contribution in [-0.4, -0.2) is 67.8 Å². The molecule has 150 valence electrons. The number of rotatable bonds is 7. The third-order valence-corrected chi connectivity index (χ3v) is 6.12. The van der Waals surface area contributed by atoms with Crippen molar-refractivity contribution in [3.63, 3.8) is 0 Å². The number of ether oxygens (including phenoxy) is 1. The Morgan fingerprint density at radius 1 is 1.15 bits per heavy atom. The molecule has 1 aliphatic carbocycles. The average molecular weight is 375 g/mol. The van der Waals surface area contributed by atoms with Crippen LogP contribution in [0.25, 0.3) is 0 Å². The third-order valence-electron chi connectivity index (χ3n) is 6.12. The highest BCUT2D eigenvalue weighted by Gasteiger charge is 2.32. The van der Waals surface area contributed by atoms with Crippen LogP contribution in [0, 0.1) is 0 Å². The van der Waals surface area contributed by atoms with Crippen molar-refractivity contribution in [1.29, 1.82) is 0 Å². The van der Waals surface area contributed by atoms with E-state index in [1.54, 1.807) is 0 Å². The van der Waals surface area contributed by atoms with E-state index in [0.717, 1.165) is 63.2 Å². The summed E-state index contributed by atoms with van der Waals surface area (Å²) in [5.74, 6) is 0.146. The summed E-state index contributed by atoms with van der Waals surface area (Å²) in [6.07, 6.45) is 6.56. The van der Waals surface area contributed by atoms with E-state index in [2.05, 4.69) is 4.90 Å². The zero-order chi connectivity index (χ0) is 19.3. The third kappa shape index (κ3) is 5.31. The molecule has 27 heavy (non-hydrogen) atoms. The van der Waals surface area contributed by atoms with E-state index in [0.29, 0.717) is 12.8 Å². The molecule has 5 heteroatoms. The first-order valence-electron chi connectivity index (χ1n) is 10.3. The van der Waals surface area contributed by atoms with E-state index in [-0.39, 0.29) is 11.8 Å². The van der Waals surface area contributed by atoms with Gasteiger partial charge < -0.3 is 14.7 Å². The molecule has 1 unspecified atom stereocenters. The van der Waals surface area contributed by atoms with Crippen molar-refractivity contribution in [1.82, 2.24) is 4.90 Å². The molecular weight excluding hydrogens is 340 g/mol. The van der Waals surface area contributed by atoms with Crippen molar-refractivity contribution in [3.05, 3.63) is 29.8 Å². The molecule has 0 amide bonds. The molecule has 2 aliphatic rings. The van der Waals surface area contributed by atoms with E-state index in [1.165, 1.54) is 6.42 Å². The summed E-state index contributed by atoms with van der Waals surface area (Å²) in [5, 5.41) is 10.8. The monoisotopic (exact) mass is 374 g/mol. The minimum Gasteiger partial charge on any atom is -0.390 e. The van der Waals surface area contributed by atoms with Crippen molar-refractivity contribution >= 4 is 11.5 Å². The number of likely N-dealkylation sites (N-methyl/N-ethyl adjacent to an activating group) is 1. The van der Waals surface area contributed by atoms with Gasteiger partial charge in [0.25, 0.3) is 0 Å². The molecule has 1 saturated heterocycles. The number of aliphatic hydroxyl groups is 1. The Balaban J connectivity index is 1.63. The molecule has 5 nitrogen and oxygen atoms in total. The van der Waals surface area contributed by atoms with E-state index >= 15 is 0 Å². The maximum Gasteiger partial charge on any atom is 0.179 e. The Morgan fingerprint density at radius 2 is 1.78 bits per heavy atom. The van der Waals surface area contributed by atoms with Gasteiger partial charge in [0.1, 0.15) is 0 Å². The molecule has 0 radical (unpaired) electrons. The van der Waals surface area contributed by atoms with Crippen LogP contribution in [0.1, 0.15) is 55.3 Å². The van der Waals surface area contributed by atoms with Crippen LogP contribution in [0.2, 0.25) is 0 Å². The van der Waals surface area contributed by atoms with E-state index in [1.807, 2.05) is 43.3 Å². The standard InChI is InChI=1S/C22H34N2O3/c1-23(2)20(10-13-22(26)11-4-3-5-12-22)21(25)18-6-8-19(9-7-18)24-14-16-27-17-15-24/h6-9,20,26H,3-5,10-17H2,1-2H3. The number of hydrogen-bond donors (Lipinski definition) is 1. The van der Waals surface area contributed by atoms with Crippen LogP contribution in [0.3, 0.4) is 0 Å². The molecule has 1 atom stereocenters. The van der Waals surface area contributed by atoms with Crippen LogP contribution >= 0.6 is 0 Å². The number of hydrogen-bond acceptors (Lipinski definition) is 5. The second-order valence-electron chi connectivity index (χ2n) is 8.31. The fourth-order valence-corrected chi connectivity index (χ4v) is 4.34. The lowest BCUT2D eigenvalue weighted by atomic mass is 9.80. The zero-order valence-corrected chi connectivity index (χ0v) is 16.8. The molecule has 2 fully saturated rings. The molecule has 1 aromatic rings. The predicted octanol–water partition coefficient (Wildman–Crippen LogP) is 3.11. The summed E-state index contributed by atoms with van der Waals surface area (Å²) in [7, 11) is 3.91. The van der Waals surface area contributed by atoms with Crippen LogP contribution in [0.15, 0.2) is 24.3 Å². The maximum absolute atomic E-state index is 13.1. The van der Waals surface area contributed by atoms with E-state index in [4.69, 9.17) is 4.74 Å². The molecular formula is C22H34N2O3. The van der Waals surface area contributed by atoms with Crippen molar-refractivity contribution in [3.8, 4) is 0 Å². The van der Waals surface area contributed by atoms with E-state index < -0.39 is 5.60 Å². The predicted molar refractivity (Wildman–Crippen MR) is 109 cm³/mol. The van der Waals surface area contributed by atoms with Gasteiger partial charge in [-0.25, -0.2) is 0 Å². The summed E-state index contributed by atoms with van der Waals surface area (Å²) >= 11 is 0. The van der Waals surface area contributed by atoms with Crippen molar-refractivity contribution in [2.24, 2.45) is 0 Å². The lowest BCUT2D eigenvalue weighted by Crippen LogP contribution is -2.39. The molecule has 1 aliphatic heterocycles. The molecule has 0 spiro atoms. The SMILES string of the molecule is CN(C)C(CCC1(O)CCCCC1)C(=O)c1ccc(N2CCOCC2)cc1. The summed E-state index contributed by atoms with van der Waals surface area (Å²) in [6.45, 7) is 3.30. The van der Waals surface area contributed by atoms with Gasteiger partial charge in [0.15, 0.2) is 5.78 Å². The number of morpholine rings is 1. The molecule has 0 aromatic heterocycles. The van der Waals surface area contributed by atoms with Crippen LogP contribution < -0.4 is 4.90 Å². The lowest BCUT2D eigenvalue weighted by molar-refractivity contribution is -0.00939. The highest BCUT2D eigenvalue weighted by Crippen LogP contribution is 2.33. The first kappa shape index (κ1) is 20.3. The first-order chi connectivity index (χ1) is 13.0. The zero-order valence-electron chi connectivity index (χ0n) is 16.8. The topological polar surface area (TPSA) is 53.0 Å². The number of nitrogens with zero attached hydrogens (tertiary/aromatic N) is 2. The van der Waals surface area contributed by atoms with Crippen LogP contribution in [-0.2, 0) is 4.74 Å². The number of anilines is 1. The van der Waals surface area contributed by atoms with Crippen molar-refractivity contribution in [2.45, 2.75) is 56.6 Å². The molecule has 0 bridgehead atoms. The van der Waals surface area contributed by atoms with Crippen molar-refractivity contribution in [2.75, 3.05) is 45.3 Å². The summed E-state index contributed by atoms with van der Waals surface area (Å²) < 4.78 is 5.40. The molecule has 1 saturated carbocycles. The largest absolute Gasteiger partial charge is 0.390 e. The van der Waals surface area contributed by atoms with Gasteiger partial charge in [-0.3, -0.25) is 9.69 Å². The Kier molecular flexibility index (Phi) is 6.90. The Labute approximate surface area is 163 Å². The highest BCUT2D eigenvalue weighted by atomic mass is 16.5. The molecule has 1 heterocycles. The number of carbonyl (C=O) groups excluding carboxylic acids is 1.